The molecule has 524 valence electrons. The summed E-state index contributed by atoms with van der Waals surface area (Å²) < 4.78 is 34.2. The van der Waals surface area contributed by atoms with Crippen LogP contribution in [0, 0.1) is 0 Å². The Morgan fingerprint density at radius 1 is 0.606 bits per heavy atom. The van der Waals surface area contributed by atoms with Crippen LogP contribution in [-0.2, 0) is 86.3 Å². The van der Waals surface area contributed by atoms with Crippen molar-refractivity contribution in [1.29, 1.82) is 0 Å². The molecule has 8 N–H and O–H groups in total. The predicted octanol–water partition coefficient (Wildman–Crippen LogP) is 8.01. The van der Waals surface area contributed by atoms with E-state index in [-0.39, 0.29) is 80.8 Å². The molecule has 0 aliphatic carbocycles. The standard InChI is InChI=1S/C69H107N9O15S/c1-4-6-8-9-10-11-12-13-14-15-16-17-18-32-64(85)92-48-54(93-51-80)49-94-50-58(68(86)76-57(47-79)69(87)88-3)74-63(84)31-22-29-61(82)72-38-24-40-90-42-44-91-43-41-89-39-23-37-71-60(81)28-21-30-62(83)73-45-52-33-35-53(36-34-52)46-78-59(27-7-5-2)77-65-66(78)55-25-19-20-26-56(55)75-67(65)70/h19-20,25-26,33-36,51,54,57-58,79H,4-18,21-24,27-32,37-50H2,1-3H3,(H2,70,75)(H,71,81)(H,72,82)(H,73,83)(H,74,84)(H,76,86)/t54-,57+,58?/m1/s1. The molecule has 4 rings (SSSR count). The maximum absolute atomic E-state index is 13.3. The van der Waals surface area contributed by atoms with E-state index in [1.54, 1.807) is 0 Å². The van der Waals surface area contributed by atoms with Crippen LogP contribution >= 0.6 is 11.8 Å². The third kappa shape index (κ3) is 33.4. The number of nitrogens with zero attached hydrogens (tertiary/aromatic N) is 3. The van der Waals surface area contributed by atoms with E-state index in [4.69, 9.17) is 34.4 Å². The number of carbonyl (C=O) groups excluding carboxylic acids is 8. The quantitative estimate of drug-likeness (QED) is 0.00952. The van der Waals surface area contributed by atoms with Crippen molar-refractivity contribution >= 4 is 87.5 Å². The Kier molecular flexibility index (Phi) is 41.9. The highest BCUT2D eigenvalue weighted by molar-refractivity contribution is 7.99. The van der Waals surface area contributed by atoms with Gasteiger partial charge in [-0.15, -0.1) is 0 Å². The zero-order chi connectivity index (χ0) is 67.8. The monoisotopic (exact) mass is 1330 g/mol. The third-order valence-electron chi connectivity index (χ3n) is 15.6. The van der Waals surface area contributed by atoms with Gasteiger partial charge in [-0.2, -0.15) is 11.8 Å². The molecule has 2 aromatic carbocycles. The van der Waals surface area contributed by atoms with Crippen molar-refractivity contribution in [2.75, 3.05) is 90.3 Å². The number of methoxy groups -OCH3 is 1. The Morgan fingerprint density at radius 3 is 1.74 bits per heavy atom. The number of nitrogens with two attached hydrogens (primary N) is 1. The number of para-hydroxylation sites is 1. The Labute approximate surface area is 559 Å². The van der Waals surface area contributed by atoms with Crippen molar-refractivity contribution in [3.8, 4) is 0 Å². The molecule has 2 heterocycles. The summed E-state index contributed by atoms with van der Waals surface area (Å²) in [5.74, 6) is -1.60. The number of amides is 5. The average Bonchev–Trinajstić information content (AvgIpc) is 1.58. The van der Waals surface area contributed by atoms with Crippen molar-refractivity contribution in [2.24, 2.45) is 0 Å². The second kappa shape index (κ2) is 49.6. The van der Waals surface area contributed by atoms with Gasteiger partial charge in [0.1, 0.15) is 30.1 Å². The number of aryl methyl sites for hydroxylation is 1. The minimum atomic E-state index is -1.38. The molecule has 0 radical (unpaired) electrons. The van der Waals surface area contributed by atoms with Crippen LogP contribution in [0.2, 0.25) is 0 Å². The van der Waals surface area contributed by atoms with Crippen molar-refractivity contribution in [3.05, 3.63) is 65.5 Å². The second-order valence-corrected chi connectivity index (χ2v) is 24.5. The van der Waals surface area contributed by atoms with Gasteiger partial charge in [-0.05, 0) is 55.7 Å². The summed E-state index contributed by atoms with van der Waals surface area (Å²) in [7, 11) is 1.10. The second-order valence-electron chi connectivity index (χ2n) is 23.4. The first-order valence-electron chi connectivity index (χ1n) is 34.1. The van der Waals surface area contributed by atoms with Gasteiger partial charge in [0.25, 0.3) is 6.47 Å². The number of hydrogen-bond donors (Lipinski definition) is 7. The molecule has 4 aromatic rings. The third-order valence-corrected chi connectivity index (χ3v) is 16.8. The van der Waals surface area contributed by atoms with Gasteiger partial charge in [0.15, 0.2) is 11.9 Å². The summed E-state index contributed by atoms with van der Waals surface area (Å²) in [5.41, 5.74) is 11.0. The number of unbranched alkanes of at least 4 members (excludes halogenated alkanes) is 13. The van der Waals surface area contributed by atoms with E-state index in [0.717, 1.165) is 96.3 Å². The molecule has 25 heteroatoms. The smallest absolute Gasteiger partial charge is 0.330 e. The number of aromatic nitrogens is 3. The van der Waals surface area contributed by atoms with Crippen LogP contribution in [0.1, 0.15) is 185 Å². The fourth-order valence-corrected chi connectivity index (χ4v) is 11.3. The number of pyridine rings is 1. The molecule has 94 heavy (non-hydrogen) atoms. The Morgan fingerprint density at radius 2 is 1.16 bits per heavy atom. The normalized spacial score (nSPS) is 12.2. The molecule has 2 aromatic heterocycles. The van der Waals surface area contributed by atoms with Gasteiger partial charge in [-0.25, -0.2) is 14.8 Å². The molecule has 24 nitrogen and oxygen atoms in total. The number of fused-ring (bicyclic) bond motifs is 3. The maximum Gasteiger partial charge on any atom is 0.330 e. The topological polar surface area (TPSA) is 329 Å². The number of benzene rings is 2. The van der Waals surface area contributed by atoms with Crippen LogP contribution in [0.4, 0.5) is 5.82 Å². The van der Waals surface area contributed by atoms with E-state index in [1.807, 2.05) is 30.3 Å². The number of nitrogens with one attached hydrogen (secondary N) is 5. The van der Waals surface area contributed by atoms with Crippen LogP contribution in [0.15, 0.2) is 48.5 Å². The molecule has 0 saturated carbocycles. The van der Waals surface area contributed by atoms with E-state index >= 15 is 0 Å². The Hall–Kier alpha value is -6.93. The summed E-state index contributed by atoms with van der Waals surface area (Å²) in [4.78, 5) is 109. The number of esters is 2. The number of thioether (sulfide) groups is 1. The van der Waals surface area contributed by atoms with Crippen molar-refractivity contribution in [2.45, 2.75) is 206 Å². The zero-order valence-electron chi connectivity index (χ0n) is 56.0. The average molecular weight is 1330 g/mol. The van der Waals surface area contributed by atoms with Crippen molar-refractivity contribution < 1.29 is 71.9 Å². The fraction of sp³-hybridized carbons (Fsp3) is 0.652. The highest BCUT2D eigenvalue weighted by atomic mass is 32.2. The molecule has 5 amide bonds. The van der Waals surface area contributed by atoms with Crippen LogP contribution in [0.5, 0.6) is 0 Å². The molecule has 1 unspecified atom stereocenters. The molecule has 0 aliphatic rings. The van der Waals surface area contributed by atoms with Gasteiger partial charge in [-0.1, -0.05) is 140 Å². The molecule has 3 atom stereocenters. The lowest BCUT2D eigenvalue weighted by atomic mass is 10.0. The van der Waals surface area contributed by atoms with E-state index in [2.05, 4.69) is 72.9 Å². The summed E-state index contributed by atoms with van der Waals surface area (Å²) in [6.45, 7) is 7.84. The number of rotatable bonds is 56. The lowest BCUT2D eigenvalue weighted by Crippen LogP contribution is -2.54. The number of hydrogen-bond acceptors (Lipinski definition) is 19. The van der Waals surface area contributed by atoms with Gasteiger partial charge >= 0.3 is 11.9 Å². The molecular formula is C69H107N9O15S. The van der Waals surface area contributed by atoms with E-state index in [1.165, 1.54) is 57.8 Å². The predicted molar refractivity (Wildman–Crippen MR) is 363 cm³/mol. The first-order chi connectivity index (χ1) is 45.8. The lowest BCUT2D eigenvalue weighted by Gasteiger charge is -2.22. The summed E-state index contributed by atoms with van der Waals surface area (Å²) >= 11 is 1.14. The SMILES string of the molecule is CCCCCCCCCCCCCCCC(=O)OC[C@H](CSCC(NC(=O)CCCC(=O)NCCCOCCOCCOCCCNC(=O)CCCC(=O)NCc1ccc(Cn2c(CCCC)nc3c(N)nc4ccccc4c32)cc1)C(=O)N[C@@H](CO)C(=O)OC)OC=O. The minimum Gasteiger partial charge on any atom is -0.467 e. The van der Waals surface area contributed by atoms with E-state index < -0.39 is 48.5 Å². The number of aliphatic hydroxyl groups excluding tert-OH is 1. The summed E-state index contributed by atoms with van der Waals surface area (Å²) in [6, 6.07) is 13.6. The number of ether oxygens (including phenoxy) is 6. The molecular weight excluding hydrogens is 1230 g/mol. The van der Waals surface area contributed by atoms with Gasteiger partial charge in [0.2, 0.25) is 29.5 Å². The summed E-state index contributed by atoms with van der Waals surface area (Å²) in [5, 5.41) is 24.3. The van der Waals surface area contributed by atoms with Crippen LogP contribution in [0.25, 0.3) is 21.9 Å². The first kappa shape index (κ1) is 79.5. The number of aliphatic hydroxyl groups is 1. The lowest BCUT2D eigenvalue weighted by molar-refractivity contribution is -0.151. The van der Waals surface area contributed by atoms with Crippen LogP contribution in [-0.4, -0.2) is 170 Å². The van der Waals surface area contributed by atoms with Crippen molar-refractivity contribution in [3.63, 3.8) is 0 Å². The molecule has 0 bridgehead atoms. The number of imidazole rings is 1. The molecule has 0 saturated heterocycles. The highest BCUT2D eigenvalue weighted by Gasteiger charge is 2.28. The Balaban J connectivity index is 0.969. The van der Waals surface area contributed by atoms with Crippen molar-refractivity contribution in [1.82, 2.24) is 41.1 Å². The number of anilines is 1. The van der Waals surface area contributed by atoms with Gasteiger partial charge < -0.3 is 70.4 Å². The van der Waals surface area contributed by atoms with Crippen LogP contribution in [0.3, 0.4) is 0 Å². The Bertz CT molecular complexity index is 2840. The highest BCUT2D eigenvalue weighted by Crippen LogP contribution is 2.30. The largest absolute Gasteiger partial charge is 0.467 e. The first-order valence-corrected chi connectivity index (χ1v) is 35.2. The number of carbonyl (C=O) groups is 8. The zero-order valence-corrected chi connectivity index (χ0v) is 56.8. The van der Waals surface area contributed by atoms with Gasteiger partial charge in [0, 0.05) is 94.8 Å². The van der Waals surface area contributed by atoms with E-state index in [0.29, 0.717) is 97.3 Å². The molecule has 0 spiro atoms. The molecule has 0 aliphatic heterocycles. The van der Waals surface area contributed by atoms with E-state index in [9.17, 15) is 43.5 Å². The maximum atomic E-state index is 13.3. The van der Waals surface area contributed by atoms with Gasteiger partial charge in [-0.3, -0.25) is 33.6 Å². The minimum absolute atomic E-state index is 0.0356. The number of nitrogen functional groups attached to an aromatic ring is 1. The van der Waals surface area contributed by atoms with Crippen LogP contribution < -0.4 is 32.3 Å². The fourth-order valence-electron chi connectivity index (χ4n) is 10.3. The van der Waals surface area contributed by atoms with Gasteiger partial charge in [0.05, 0.1) is 51.2 Å². The summed E-state index contributed by atoms with van der Waals surface area (Å²) in [6.07, 6.45) is 20.0. The molecule has 0 fully saturated rings.